The monoisotopic (exact) mass is 358 g/mol. The van der Waals surface area contributed by atoms with Gasteiger partial charge in [0.25, 0.3) is 0 Å². The van der Waals surface area contributed by atoms with Crippen molar-refractivity contribution in [3.05, 3.63) is 52.6 Å². The lowest BCUT2D eigenvalue weighted by atomic mass is 10.2. The van der Waals surface area contributed by atoms with Crippen LogP contribution in [-0.4, -0.2) is 38.0 Å². The van der Waals surface area contributed by atoms with Crippen molar-refractivity contribution in [2.75, 3.05) is 4.90 Å². The Bertz CT molecular complexity index is 855. The summed E-state index contributed by atoms with van der Waals surface area (Å²) in [6.45, 7) is 5.94. The minimum absolute atomic E-state index is 0.140. The largest absolute Gasteiger partial charge is 0.372 e. The van der Waals surface area contributed by atoms with Crippen LogP contribution in [-0.2, 0) is 11.4 Å². The highest BCUT2D eigenvalue weighted by Crippen LogP contribution is 2.17. The van der Waals surface area contributed by atoms with E-state index in [1.54, 1.807) is 0 Å². The number of benzene rings is 1. The van der Waals surface area contributed by atoms with Gasteiger partial charge in [0, 0.05) is 17.4 Å². The SMILES string of the molecule is CC1=CC(CCn2nnn(C(=O)N(c3ccccc3)C(C)C)c2=O)ON1. The fraction of sp³-hybridized carbons (Fsp3) is 0.412. The number of nitrogens with zero attached hydrogens (tertiary/aromatic N) is 5. The molecule has 1 unspecified atom stereocenters. The third-order valence-electron chi connectivity index (χ3n) is 4.01. The second-order valence-electron chi connectivity index (χ2n) is 6.37. The van der Waals surface area contributed by atoms with Crippen molar-refractivity contribution in [3.8, 4) is 0 Å². The fourth-order valence-electron chi connectivity index (χ4n) is 2.76. The number of tetrazole rings is 1. The van der Waals surface area contributed by atoms with Crippen molar-refractivity contribution in [1.82, 2.24) is 25.3 Å². The first-order valence-electron chi connectivity index (χ1n) is 8.49. The zero-order chi connectivity index (χ0) is 18.7. The topological polar surface area (TPSA) is 94.3 Å². The summed E-state index contributed by atoms with van der Waals surface area (Å²) in [5.74, 6) is 0. The van der Waals surface area contributed by atoms with Gasteiger partial charge in [0.1, 0.15) is 6.10 Å². The maximum atomic E-state index is 12.9. The summed E-state index contributed by atoms with van der Waals surface area (Å²) in [6, 6.07) is 8.49. The zero-order valence-electron chi connectivity index (χ0n) is 15.0. The normalized spacial score (nSPS) is 16.5. The van der Waals surface area contributed by atoms with Crippen molar-refractivity contribution in [2.45, 2.75) is 45.9 Å². The number of carbonyl (C=O) groups is 1. The molecule has 0 bridgehead atoms. The molecule has 26 heavy (non-hydrogen) atoms. The number of aryl methyl sites for hydroxylation is 1. The van der Waals surface area contributed by atoms with Gasteiger partial charge in [-0.1, -0.05) is 18.2 Å². The summed E-state index contributed by atoms with van der Waals surface area (Å²) in [5, 5.41) is 7.58. The van der Waals surface area contributed by atoms with Crippen LogP contribution in [0.25, 0.3) is 0 Å². The van der Waals surface area contributed by atoms with E-state index in [2.05, 4.69) is 15.9 Å². The van der Waals surface area contributed by atoms with Gasteiger partial charge < -0.3 is 0 Å². The molecule has 1 aromatic carbocycles. The van der Waals surface area contributed by atoms with E-state index in [4.69, 9.17) is 4.84 Å². The molecule has 2 aromatic rings. The Labute approximate surface area is 150 Å². The maximum Gasteiger partial charge on any atom is 0.372 e. The van der Waals surface area contributed by atoms with E-state index in [0.717, 1.165) is 10.4 Å². The van der Waals surface area contributed by atoms with Gasteiger partial charge >= 0.3 is 11.7 Å². The van der Waals surface area contributed by atoms with Gasteiger partial charge in [0.15, 0.2) is 0 Å². The fourth-order valence-corrected chi connectivity index (χ4v) is 2.76. The van der Waals surface area contributed by atoms with E-state index in [9.17, 15) is 9.59 Å². The summed E-state index contributed by atoms with van der Waals surface area (Å²) in [6.07, 6.45) is 2.33. The first-order chi connectivity index (χ1) is 12.5. The number of nitrogens with one attached hydrogen (secondary N) is 1. The van der Waals surface area contributed by atoms with Crippen LogP contribution in [0.2, 0.25) is 0 Å². The molecule has 9 heteroatoms. The smallest absolute Gasteiger partial charge is 0.290 e. The number of hydroxylamine groups is 1. The molecule has 138 valence electrons. The average Bonchev–Trinajstić information content (AvgIpc) is 3.19. The molecule has 0 spiro atoms. The molecule has 2 heterocycles. The summed E-state index contributed by atoms with van der Waals surface area (Å²) < 4.78 is 1.97. The van der Waals surface area contributed by atoms with Crippen molar-refractivity contribution in [3.63, 3.8) is 0 Å². The third-order valence-corrected chi connectivity index (χ3v) is 4.01. The predicted octanol–water partition coefficient (Wildman–Crippen LogP) is 1.52. The molecule has 0 saturated carbocycles. The predicted molar refractivity (Wildman–Crippen MR) is 95.5 cm³/mol. The van der Waals surface area contributed by atoms with E-state index < -0.39 is 11.7 Å². The zero-order valence-corrected chi connectivity index (χ0v) is 15.0. The molecule has 1 aromatic heterocycles. The molecule has 9 nitrogen and oxygen atoms in total. The Hall–Kier alpha value is -2.94. The average molecular weight is 358 g/mol. The number of amides is 1. The molecule has 1 aliphatic rings. The number of rotatable bonds is 5. The minimum atomic E-state index is -0.566. The summed E-state index contributed by atoms with van der Waals surface area (Å²) in [5.41, 5.74) is 3.82. The first-order valence-corrected chi connectivity index (χ1v) is 8.49. The Balaban J connectivity index is 1.77. The van der Waals surface area contributed by atoms with Crippen LogP contribution in [0.4, 0.5) is 10.5 Å². The van der Waals surface area contributed by atoms with Crippen molar-refractivity contribution < 1.29 is 9.63 Å². The van der Waals surface area contributed by atoms with E-state index >= 15 is 0 Å². The Kier molecular flexibility index (Phi) is 5.17. The highest BCUT2D eigenvalue weighted by Gasteiger charge is 2.25. The highest BCUT2D eigenvalue weighted by molar-refractivity contribution is 5.93. The van der Waals surface area contributed by atoms with Crippen LogP contribution < -0.4 is 16.1 Å². The van der Waals surface area contributed by atoms with E-state index in [0.29, 0.717) is 18.7 Å². The van der Waals surface area contributed by atoms with E-state index in [1.165, 1.54) is 9.58 Å². The molecular weight excluding hydrogens is 336 g/mol. The molecule has 0 aliphatic carbocycles. The molecule has 1 N–H and O–H groups in total. The van der Waals surface area contributed by atoms with Crippen LogP contribution in [0.3, 0.4) is 0 Å². The maximum absolute atomic E-state index is 12.9. The number of hydrogen-bond acceptors (Lipinski definition) is 6. The summed E-state index contributed by atoms with van der Waals surface area (Å²) in [4.78, 5) is 32.2. The van der Waals surface area contributed by atoms with Gasteiger partial charge in [-0.2, -0.15) is 4.68 Å². The Morgan fingerprint density at radius 2 is 2.04 bits per heavy atom. The third kappa shape index (κ3) is 3.67. The summed E-state index contributed by atoms with van der Waals surface area (Å²) in [7, 11) is 0. The van der Waals surface area contributed by atoms with Gasteiger partial charge in [-0.3, -0.25) is 15.2 Å². The van der Waals surface area contributed by atoms with Gasteiger partial charge in [-0.15, -0.1) is 4.68 Å². The van der Waals surface area contributed by atoms with E-state index in [1.807, 2.05) is 57.2 Å². The van der Waals surface area contributed by atoms with Crippen molar-refractivity contribution in [2.24, 2.45) is 0 Å². The molecule has 0 saturated heterocycles. The van der Waals surface area contributed by atoms with Crippen LogP contribution in [0, 0.1) is 0 Å². The molecule has 0 fully saturated rings. The molecule has 3 rings (SSSR count). The molecule has 1 amide bonds. The minimum Gasteiger partial charge on any atom is -0.290 e. The first kappa shape index (κ1) is 17.9. The van der Waals surface area contributed by atoms with Crippen LogP contribution in [0.15, 0.2) is 46.9 Å². The van der Waals surface area contributed by atoms with E-state index in [-0.39, 0.29) is 12.1 Å². The number of hydrogen-bond donors (Lipinski definition) is 1. The van der Waals surface area contributed by atoms with Crippen LogP contribution >= 0.6 is 0 Å². The number of para-hydroxylation sites is 1. The number of allylic oxidation sites excluding steroid dienone is 1. The Morgan fingerprint density at radius 3 is 2.65 bits per heavy atom. The molecule has 0 radical (unpaired) electrons. The molecular formula is C17H22N6O3. The lowest BCUT2D eigenvalue weighted by Crippen LogP contribution is -2.44. The standard InChI is InChI=1S/C17H22N6O3/c1-12(2)22(14-7-5-4-6-8-14)17(25)23-16(24)21(19-20-23)10-9-15-11-13(3)18-26-15/h4-8,11-12,15,18H,9-10H2,1-3H3. The molecule has 1 atom stereocenters. The van der Waals surface area contributed by atoms with Crippen molar-refractivity contribution in [1.29, 1.82) is 0 Å². The van der Waals surface area contributed by atoms with Crippen LogP contribution in [0.1, 0.15) is 27.2 Å². The quantitative estimate of drug-likeness (QED) is 0.815. The van der Waals surface area contributed by atoms with Gasteiger partial charge in [0.2, 0.25) is 0 Å². The lowest BCUT2D eigenvalue weighted by Gasteiger charge is -2.25. The molecule has 1 aliphatic heterocycles. The van der Waals surface area contributed by atoms with Gasteiger partial charge in [-0.05, 0) is 55.8 Å². The number of carbonyl (C=O) groups excluding carboxylic acids is 1. The number of aromatic nitrogens is 4. The number of anilines is 1. The van der Waals surface area contributed by atoms with Gasteiger partial charge in [0.05, 0.1) is 6.54 Å². The lowest BCUT2D eigenvalue weighted by molar-refractivity contribution is 0.0352. The Morgan fingerprint density at radius 1 is 1.31 bits per heavy atom. The highest BCUT2D eigenvalue weighted by atomic mass is 16.7. The van der Waals surface area contributed by atoms with Gasteiger partial charge in [-0.25, -0.2) is 9.59 Å². The van der Waals surface area contributed by atoms with Crippen LogP contribution in [0.5, 0.6) is 0 Å². The van der Waals surface area contributed by atoms with Crippen molar-refractivity contribution >= 4 is 11.7 Å². The second-order valence-corrected chi connectivity index (χ2v) is 6.37. The summed E-state index contributed by atoms with van der Waals surface area (Å²) >= 11 is 0. The second kappa shape index (κ2) is 7.52.